The lowest BCUT2D eigenvalue weighted by Crippen LogP contribution is -2.16. The summed E-state index contributed by atoms with van der Waals surface area (Å²) < 4.78 is 38.5. The van der Waals surface area contributed by atoms with Gasteiger partial charge in [0.15, 0.2) is 0 Å². The van der Waals surface area contributed by atoms with E-state index in [-0.39, 0.29) is 6.04 Å². The zero-order valence-corrected chi connectivity index (χ0v) is 13.0. The molecule has 1 aromatic heterocycles. The Morgan fingerprint density at radius 1 is 1.19 bits per heavy atom. The maximum absolute atomic E-state index is 12.8. The minimum Gasteiger partial charge on any atom is -0.310 e. The third-order valence-corrected chi connectivity index (χ3v) is 4.70. The van der Waals surface area contributed by atoms with Gasteiger partial charge in [-0.2, -0.15) is 13.2 Å². The molecule has 0 aliphatic rings. The maximum Gasteiger partial charge on any atom is 0.416 e. The van der Waals surface area contributed by atoms with Crippen molar-refractivity contribution in [2.75, 3.05) is 6.54 Å². The van der Waals surface area contributed by atoms with Crippen molar-refractivity contribution in [3.63, 3.8) is 0 Å². The van der Waals surface area contributed by atoms with Gasteiger partial charge in [0.2, 0.25) is 0 Å². The van der Waals surface area contributed by atoms with Crippen molar-refractivity contribution in [2.24, 2.45) is 0 Å². The zero-order chi connectivity index (χ0) is 15.6. The second-order valence-corrected chi connectivity index (χ2v) is 6.12. The summed E-state index contributed by atoms with van der Waals surface area (Å²) in [6.45, 7) is 6.78. The van der Waals surface area contributed by atoms with E-state index in [1.807, 2.05) is 26.0 Å². The molecular weight excluding hydrogens is 295 g/mol. The van der Waals surface area contributed by atoms with E-state index in [1.54, 1.807) is 0 Å². The van der Waals surface area contributed by atoms with Crippen LogP contribution in [0.1, 0.15) is 35.9 Å². The van der Waals surface area contributed by atoms with E-state index >= 15 is 0 Å². The van der Waals surface area contributed by atoms with Crippen molar-refractivity contribution < 1.29 is 13.2 Å². The van der Waals surface area contributed by atoms with Crippen LogP contribution < -0.4 is 5.32 Å². The van der Waals surface area contributed by atoms with Gasteiger partial charge in [-0.1, -0.05) is 13.0 Å². The molecule has 1 heterocycles. The SMILES string of the molecule is CCNC(C)c1ccc(-c2cc(C(F)(F)F)ccc2C)s1. The normalized spacial score (nSPS) is 13.4. The first kappa shape index (κ1) is 16.0. The largest absolute Gasteiger partial charge is 0.416 e. The van der Waals surface area contributed by atoms with Crippen LogP contribution in [0, 0.1) is 6.92 Å². The summed E-state index contributed by atoms with van der Waals surface area (Å²) in [4.78, 5) is 2.00. The molecule has 0 saturated carbocycles. The number of benzene rings is 1. The summed E-state index contributed by atoms with van der Waals surface area (Å²) in [5.41, 5.74) is 0.912. The molecule has 1 N–H and O–H groups in total. The topological polar surface area (TPSA) is 12.0 Å². The highest BCUT2D eigenvalue weighted by Crippen LogP contribution is 2.37. The molecule has 0 aliphatic carbocycles. The number of halogens is 3. The molecule has 2 rings (SSSR count). The van der Waals surface area contributed by atoms with Crippen molar-refractivity contribution in [3.8, 4) is 10.4 Å². The number of alkyl halides is 3. The summed E-state index contributed by atoms with van der Waals surface area (Å²) >= 11 is 1.54. The molecule has 1 aromatic carbocycles. The highest BCUT2D eigenvalue weighted by atomic mass is 32.1. The van der Waals surface area contributed by atoms with Crippen LogP contribution >= 0.6 is 11.3 Å². The van der Waals surface area contributed by atoms with E-state index in [9.17, 15) is 13.2 Å². The third kappa shape index (κ3) is 3.66. The Morgan fingerprint density at radius 2 is 1.90 bits per heavy atom. The van der Waals surface area contributed by atoms with Crippen molar-refractivity contribution in [2.45, 2.75) is 33.0 Å². The summed E-state index contributed by atoms with van der Waals surface area (Å²) in [7, 11) is 0. The number of thiophene rings is 1. The van der Waals surface area contributed by atoms with Crippen molar-refractivity contribution >= 4 is 11.3 Å². The van der Waals surface area contributed by atoms with Crippen LogP contribution in [0.15, 0.2) is 30.3 Å². The van der Waals surface area contributed by atoms with Crippen LogP contribution in [0.2, 0.25) is 0 Å². The number of hydrogen-bond donors (Lipinski definition) is 1. The molecule has 0 spiro atoms. The zero-order valence-electron chi connectivity index (χ0n) is 12.2. The van der Waals surface area contributed by atoms with Gasteiger partial charge < -0.3 is 5.32 Å². The average molecular weight is 313 g/mol. The molecule has 21 heavy (non-hydrogen) atoms. The monoisotopic (exact) mass is 313 g/mol. The van der Waals surface area contributed by atoms with Crippen LogP contribution in [0.3, 0.4) is 0 Å². The molecule has 1 atom stereocenters. The predicted molar refractivity (Wildman–Crippen MR) is 81.6 cm³/mol. The Kier molecular flexibility index (Phi) is 4.74. The summed E-state index contributed by atoms with van der Waals surface area (Å²) in [5.74, 6) is 0. The van der Waals surface area contributed by atoms with Gasteiger partial charge in [-0.15, -0.1) is 11.3 Å². The van der Waals surface area contributed by atoms with Crippen LogP contribution in [-0.4, -0.2) is 6.54 Å². The molecule has 1 unspecified atom stereocenters. The van der Waals surface area contributed by atoms with Crippen LogP contribution in [0.25, 0.3) is 10.4 Å². The van der Waals surface area contributed by atoms with E-state index in [1.165, 1.54) is 23.5 Å². The first-order valence-electron chi connectivity index (χ1n) is 6.84. The molecule has 2 aromatic rings. The van der Waals surface area contributed by atoms with Gasteiger partial charge in [-0.3, -0.25) is 0 Å². The highest BCUT2D eigenvalue weighted by molar-refractivity contribution is 7.15. The molecule has 0 saturated heterocycles. The number of rotatable bonds is 4. The highest BCUT2D eigenvalue weighted by Gasteiger charge is 2.31. The second-order valence-electron chi connectivity index (χ2n) is 5.01. The molecule has 0 fully saturated rings. The molecule has 0 aliphatic heterocycles. The number of hydrogen-bond acceptors (Lipinski definition) is 2. The van der Waals surface area contributed by atoms with Crippen molar-refractivity contribution in [3.05, 3.63) is 46.3 Å². The molecular formula is C16H18F3NS. The fourth-order valence-corrected chi connectivity index (χ4v) is 3.32. The van der Waals surface area contributed by atoms with E-state index in [4.69, 9.17) is 0 Å². The van der Waals surface area contributed by atoms with Crippen LogP contribution in [0.5, 0.6) is 0 Å². The third-order valence-electron chi connectivity index (χ3n) is 3.39. The quantitative estimate of drug-likeness (QED) is 0.795. The molecule has 0 amide bonds. The standard InChI is InChI=1S/C16H18F3NS/c1-4-20-11(3)14-7-8-15(21-14)13-9-12(16(17,18)19)6-5-10(13)2/h5-9,11,20H,4H2,1-3H3. The first-order chi connectivity index (χ1) is 9.82. The fourth-order valence-electron chi connectivity index (χ4n) is 2.20. The van der Waals surface area contributed by atoms with Gasteiger partial charge in [0.05, 0.1) is 5.56 Å². The van der Waals surface area contributed by atoms with E-state index in [0.29, 0.717) is 5.56 Å². The Hall–Kier alpha value is -1.33. The lowest BCUT2D eigenvalue weighted by Gasteiger charge is -2.11. The Morgan fingerprint density at radius 3 is 2.52 bits per heavy atom. The van der Waals surface area contributed by atoms with Crippen LogP contribution in [-0.2, 0) is 6.18 Å². The van der Waals surface area contributed by atoms with Crippen molar-refractivity contribution in [1.82, 2.24) is 5.32 Å². The Labute approximate surface area is 126 Å². The minimum absolute atomic E-state index is 0.208. The maximum atomic E-state index is 12.8. The fraction of sp³-hybridized carbons (Fsp3) is 0.375. The summed E-state index contributed by atoms with van der Waals surface area (Å²) in [6.07, 6.45) is -4.31. The van der Waals surface area contributed by atoms with Crippen molar-refractivity contribution in [1.29, 1.82) is 0 Å². The van der Waals surface area contributed by atoms with Gasteiger partial charge in [0.1, 0.15) is 0 Å². The second kappa shape index (κ2) is 6.20. The molecule has 114 valence electrons. The Balaban J connectivity index is 2.38. The smallest absolute Gasteiger partial charge is 0.310 e. The van der Waals surface area contributed by atoms with Gasteiger partial charge in [0.25, 0.3) is 0 Å². The molecule has 0 radical (unpaired) electrons. The number of aryl methyl sites for hydroxylation is 1. The minimum atomic E-state index is -4.31. The van der Waals surface area contributed by atoms with Crippen LogP contribution in [0.4, 0.5) is 13.2 Å². The summed E-state index contributed by atoms with van der Waals surface area (Å²) in [5, 5.41) is 3.31. The summed E-state index contributed by atoms with van der Waals surface area (Å²) in [6, 6.07) is 7.99. The van der Waals surface area contributed by atoms with Gasteiger partial charge in [0, 0.05) is 15.8 Å². The van der Waals surface area contributed by atoms with Gasteiger partial charge >= 0.3 is 6.18 Å². The first-order valence-corrected chi connectivity index (χ1v) is 7.66. The molecule has 0 bridgehead atoms. The van der Waals surface area contributed by atoms with E-state index in [2.05, 4.69) is 12.2 Å². The number of nitrogens with one attached hydrogen (secondary N) is 1. The average Bonchev–Trinajstić information content (AvgIpc) is 2.87. The van der Waals surface area contributed by atoms with E-state index < -0.39 is 11.7 Å². The van der Waals surface area contributed by atoms with Gasteiger partial charge in [-0.25, -0.2) is 0 Å². The molecule has 5 heteroatoms. The van der Waals surface area contributed by atoms with E-state index in [0.717, 1.165) is 27.9 Å². The predicted octanol–water partition coefficient (Wildman–Crippen LogP) is 5.41. The lowest BCUT2D eigenvalue weighted by atomic mass is 10.0. The lowest BCUT2D eigenvalue weighted by molar-refractivity contribution is -0.137. The van der Waals surface area contributed by atoms with Gasteiger partial charge in [-0.05, 0) is 55.8 Å². The molecule has 1 nitrogen and oxygen atoms in total. The Bertz CT molecular complexity index is 616.